The van der Waals surface area contributed by atoms with Gasteiger partial charge in [-0.3, -0.25) is 14.3 Å². The van der Waals surface area contributed by atoms with Crippen molar-refractivity contribution in [2.75, 3.05) is 6.61 Å². The molecule has 1 saturated carbocycles. The first-order valence-corrected chi connectivity index (χ1v) is 8.41. The van der Waals surface area contributed by atoms with Crippen molar-refractivity contribution < 1.29 is 14.4 Å². The maximum absolute atomic E-state index is 12.6. The number of oxime groups is 1. The number of halogens is 1. The van der Waals surface area contributed by atoms with Crippen LogP contribution in [0.2, 0.25) is 0 Å². The van der Waals surface area contributed by atoms with Crippen LogP contribution in [0.15, 0.2) is 22.8 Å². The van der Waals surface area contributed by atoms with Crippen LogP contribution in [0, 0.1) is 12.8 Å². The predicted octanol–water partition coefficient (Wildman–Crippen LogP) is 2.90. The van der Waals surface area contributed by atoms with E-state index in [1.807, 2.05) is 27.0 Å². The van der Waals surface area contributed by atoms with Crippen LogP contribution in [0.3, 0.4) is 0 Å². The number of hydrogen-bond donors (Lipinski definition) is 0. The summed E-state index contributed by atoms with van der Waals surface area (Å²) in [6.07, 6.45) is 2.71. The molecule has 1 aromatic rings. The van der Waals surface area contributed by atoms with Gasteiger partial charge in [-0.25, -0.2) is 0 Å². The van der Waals surface area contributed by atoms with Crippen molar-refractivity contribution >= 4 is 28.9 Å². The van der Waals surface area contributed by atoms with Crippen molar-refractivity contribution in [1.29, 1.82) is 0 Å². The molecule has 0 bridgehead atoms. The number of ketones is 2. The highest BCUT2D eigenvalue weighted by Gasteiger charge is 2.39. The SMILES string of the molecule is CC/C(=N\OC/C=C/Cl)C1C(=O)CC(c2cc(C)nn2C)CC1=O. The monoisotopic (exact) mass is 351 g/mol. The van der Waals surface area contributed by atoms with Gasteiger partial charge in [0.1, 0.15) is 24.1 Å². The Hall–Kier alpha value is -1.95. The minimum atomic E-state index is -0.791. The number of carbonyl (C=O) groups excluding carboxylic acids is 2. The molecule has 1 heterocycles. The molecular formula is C17H22ClN3O3. The number of Topliss-reactive ketones (excluding diaryl/α,β-unsaturated/α-hetero) is 2. The lowest BCUT2D eigenvalue weighted by Gasteiger charge is -2.26. The van der Waals surface area contributed by atoms with E-state index in [0.717, 1.165) is 11.4 Å². The van der Waals surface area contributed by atoms with Gasteiger partial charge in [-0.15, -0.1) is 0 Å². The Morgan fingerprint density at radius 2 is 2.12 bits per heavy atom. The molecule has 6 nitrogen and oxygen atoms in total. The lowest BCUT2D eigenvalue weighted by atomic mass is 9.76. The van der Waals surface area contributed by atoms with Crippen LogP contribution in [0.5, 0.6) is 0 Å². The van der Waals surface area contributed by atoms with Gasteiger partial charge in [0.2, 0.25) is 0 Å². The van der Waals surface area contributed by atoms with Crippen LogP contribution in [0.25, 0.3) is 0 Å². The van der Waals surface area contributed by atoms with Crippen LogP contribution in [0.4, 0.5) is 0 Å². The molecule has 7 heteroatoms. The molecule has 1 aliphatic rings. The van der Waals surface area contributed by atoms with E-state index in [4.69, 9.17) is 16.4 Å². The number of carbonyl (C=O) groups is 2. The van der Waals surface area contributed by atoms with E-state index in [0.29, 0.717) is 25.0 Å². The van der Waals surface area contributed by atoms with Crippen molar-refractivity contribution in [3.63, 3.8) is 0 Å². The van der Waals surface area contributed by atoms with Crippen LogP contribution in [-0.2, 0) is 21.5 Å². The highest BCUT2D eigenvalue weighted by Crippen LogP contribution is 2.33. The maximum Gasteiger partial charge on any atom is 0.149 e. The number of nitrogens with zero attached hydrogens (tertiary/aromatic N) is 3. The van der Waals surface area contributed by atoms with E-state index in [9.17, 15) is 9.59 Å². The third kappa shape index (κ3) is 4.12. The second kappa shape index (κ2) is 8.24. The van der Waals surface area contributed by atoms with Gasteiger partial charge in [0.25, 0.3) is 0 Å². The summed E-state index contributed by atoms with van der Waals surface area (Å²) < 4.78 is 1.75. The standard InChI is InChI=1S/C17H22ClN3O3/c1-4-13(20-24-7-5-6-18)17-15(22)9-12(10-16(17)23)14-8-11(2)19-21(14)3/h5-6,8,12,17H,4,7,9-10H2,1-3H3/b6-5+,20-13+. The Labute approximate surface area is 146 Å². The normalized spacial score (nSPS) is 22.4. The van der Waals surface area contributed by atoms with E-state index in [1.54, 1.807) is 10.8 Å². The van der Waals surface area contributed by atoms with Gasteiger partial charge < -0.3 is 4.84 Å². The Morgan fingerprint density at radius 3 is 2.62 bits per heavy atom. The zero-order valence-electron chi connectivity index (χ0n) is 14.2. The summed E-state index contributed by atoms with van der Waals surface area (Å²) in [6, 6.07) is 1.93. The molecule has 0 aromatic carbocycles. The fourth-order valence-electron chi connectivity index (χ4n) is 3.09. The van der Waals surface area contributed by atoms with Crippen molar-refractivity contribution in [3.8, 4) is 0 Å². The Bertz CT molecular complexity index is 661. The summed E-state index contributed by atoms with van der Waals surface area (Å²) in [5, 5.41) is 8.27. The molecule has 1 aromatic heterocycles. The minimum Gasteiger partial charge on any atom is -0.392 e. The summed E-state index contributed by atoms with van der Waals surface area (Å²) >= 11 is 5.41. The molecule has 0 aliphatic heterocycles. The second-order valence-corrected chi connectivity index (χ2v) is 6.15. The molecule has 0 unspecified atom stereocenters. The number of hydrogen-bond acceptors (Lipinski definition) is 5. The van der Waals surface area contributed by atoms with Gasteiger partial charge in [-0.1, -0.05) is 23.7 Å². The van der Waals surface area contributed by atoms with E-state index < -0.39 is 5.92 Å². The fraction of sp³-hybridized carbons (Fsp3) is 0.529. The van der Waals surface area contributed by atoms with E-state index in [2.05, 4.69) is 10.3 Å². The molecule has 1 fully saturated rings. The first-order chi connectivity index (χ1) is 11.5. The van der Waals surface area contributed by atoms with Gasteiger partial charge in [-0.2, -0.15) is 5.10 Å². The number of aromatic nitrogens is 2. The number of rotatable bonds is 6. The van der Waals surface area contributed by atoms with Crippen molar-refractivity contribution in [2.45, 2.75) is 39.0 Å². The Balaban J connectivity index is 2.14. The third-order valence-electron chi connectivity index (χ3n) is 4.13. The molecule has 0 N–H and O–H groups in total. The largest absolute Gasteiger partial charge is 0.392 e. The van der Waals surface area contributed by atoms with Crippen LogP contribution < -0.4 is 0 Å². The summed E-state index contributed by atoms with van der Waals surface area (Å²) in [7, 11) is 1.83. The maximum atomic E-state index is 12.6. The summed E-state index contributed by atoms with van der Waals surface area (Å²) in [4.78, 5) is 30.3. The number of aryl methyl sites for hydroxylation is 2. The summed E-state index contributed by atoms with van der Waals surface area (Å²) in [6.45, 7) is 3.96. The zero-order chi connectivity index (χ0) is 17.7. The summed E-state index contributed by atoms with van der Waals surface area (Å²) in [5.41, 5.74) is 3.61. The quantitative estimate of drug-likeness (QED) is 0.342. The third-order valence-corrected chi connectivity index (χ3v) is 4.31. The van der Waals surface area contributed by atoms with E-state index in [-0.39, 0.29) is 24.1 Å². The highest BCUT2D eigenvalue weighted by molar-refractivity contribution is 6.25. The molecule has 0 atom stereocenters. The fourth-order valence-corrected chi connectivity index (χ4v) is 3.16. The van der Waals surface area contributed by atoms with Gasteiger partial charge in [-0.05, 0) is 25.5 Å². The summed E-state index contributed by atoms with van der Waals surface area (Å²) in [5.74, 6) is -1.12. The predicted molar refractivity (Wildman–Crippen MR) is 92.1 cm³/mol. The van der Waals surface area contributed by atoms with Crippen LogP contribution in [0.1, 0.15) is 43.5 Å². The van der Waals surface area contributed by atoms with E-state index in [1.165, 1.54) is 5.54 Å². The molecule has 1 aliphatic carbocycles. The molecule has 24 heavy (non-hydrogen) atoms. The molecule has 2 rings (SSSR count). The Morgan fingerprint density at radius 1 is 1.46 bits per heavy atom. The van der Waals surface area contributed by atoms with Gasteiger partial charge >= 0.3 is 0 Å². The van der Waals surface area contributed by atoms with Crippen molar-refractivity contribution in [2.24, 2.45) is 18.1 Å². The molecular weight excluding hydrogens is 330 g/mol. The Kier molecular flexibility index (Phi) is 6.31. The van der Waals surface area contributed by atoms with Crippen molar-refractivity contribution in [1.82, 2.24) is 9.78 Å². The topological polar surface area (TPSA) is 73.5 Å². The molecule has 0 saturated heterocycles. The average Bonchev–Trinajstić information content (AvgIpc) is 2.87. The smallest absolute Gasteiger partial charge is 0.149 e. The first-order valence-electron chi connectivity index (χ1n) is 7.97. The zero-order valence-corrected chi connectivity index (χ0v) is 14.9. The van der Waals surface area contributed by atoms with Gasteiger partial charge in [0.15, 0.2) is 0 Å². The molecule has 0 radical (unpaired) electrons. The van der Waals surface area contributed by atoms with E-state index >= 15 is 0 Å². The first kappa shape index (κ1) is 18.4. The van der Waals surface area contributed by atoms with Crippen molar-refractivity contribution in [3.05, 3.63) is 29.1 Å². The molecule has 0 spiro atoms. The minimum absolute atomic E-state index is 0.104. The lowest BCUT2D eigenvalue weighted by Crippen LogP contribution is -2.38. The molecule has 0 amide bonds. The van der Waals surface area contributed by atoms with Crippen LogP contribution >= 0.6 is 11.6 Å². The highest BCUT2D eigenvalue weighted by atomic mass is 35.5. The van der Waals surface area contributed by atoms with Gasteiger partial charge in [0, 0.05) is 37.0 Å². The second-order valence-electron chi connectivity index (χ2n) is 5.90. The average molecular weight is 352 g/mol. The van der Waals surface area contributed by atoms with Crippen LogP contribution in [-0.4, -0.2) is 33.7 Å². The molecule has 130 valence electrons. The van der Waals surface area contributed by atoms with Gasteiger partial charge in [0.05, 0.1) is 11.4 Å². The lowest BCUT2D eigenvalue weighted by molar-refractivity contribution is -0.133.